The van der Waals surface area contributed by atoms with E-state index in [1.807, 2.05) is 6.07 Å². The van der Waals surface area contributed by atoms with Crippen LogP contribution in [0.25, 0.3) is 0 Å². The Labute approximate surface area is 121 Å². The predicted molar refractivity (Wildman–Crippen MR) is 76.3 cm³/mol. The molecule has 3 N–H and O–H groups in total. The number of carboxylic acid groups (broad SMARTS) is 1. The molecule has 1 aliphatic heterocycles. The van der Waals surface area contributed by atoms with Crippen LogP contribution in [0.4, 0.5) is 0 Å². The SMILES string of the molecule is O=C(NC1CNC(C(=O)O)C1)c1cc2c(s1)CCCC2. The molecule has 6 heteroatoms. The molecule has 1 saturated heterocycles. The molecule has 108 valence electrons. The van der Waals surface area contributed by atoms with Gasteiger partial charge in [0.1, 0.15) is 6.04 Å². The molecule has 2 atom stereocenters. The van der Waals surface area contributed by atoms with Gasteiger partial charge in [0, 0.05) is 17.5 Å². The smallest absolute Gasteiger partial charge is 0.320 e. The van der Waals surface area contributed by atoms with Crippen LogP contribution in [-0.2, 0) is 17.6 Å². The Bertz CT molecular complexity index is 517. The second kappa shape index (κ2) is 5.54. The summed E-state index contributed by atoms with van der Waals surface area (Å²) in [5.74, 6) is -0.921. The highest BCUT2D eigenvalue weighted by Gasteiger charge is 2.30. The highest BCUT2D eigenvalue weighted by atomic mass is 32.1. The van der Waals surface area contributed by atoms with Crippen LogP contribution in [0.15, 0.2) is 6.07 Å². The highest BCUT2D eigenvalue weighted by Crippen LogP contribution is 2.29. The van der Waals surface area contributed by atoms with Crippen molar-refractivity contribution >= 4 is 23.2 Å². The Morgan fingerprint density at radius 2 is 2.15 bits per heavy atom. The lowest BCUT2D eigenvalue weighted by atomic mass is 9.99. The Morgan fingerprint density at radius 3 is 2.85 bits per heavy atom. The third-order valence-electron chi connectivity index (χ3n) is 3.98. The number of thiophene rings is 1. The van der Waals surface area contributed by atoms with Gasteiger partial charge in [0.05, 0.1) is 4.88 Å². The topological polar surface area (TPSA) is 78.4 Å². The van der Waals surface area contributed by atoms with Crippen molar-refractivity contribution in [2.45, 2.75) is 44.2 Å². The van der Waals surface area contributed by atoms with Crippen LogP contribution in [0.3, 0.4) is 0 Å². The third kappa shape index (κ3) is 2.71. The first-order chi connectivity index (χ1) is 9.63. The highest BCUT2D eigenvalue weighted by molar-refractivity contribution is 7.14. The standard InChI is InChI=1S/C14H18N2O3S/c17-13(16-9-6-10(14(18)19)15-7-9)12-5-8-3-1-2-4-11(8)20-12/h5,9-10,15H,1-4,6-7H2,(H,16,17)(H,18,19). The van der Waals surface area contributed by atoms with E-state index in [4.69, 9.17) is 5.11 Å². The van der Waals surface area contributed by atoms with Crippen LogP contribution in [0.5, 0.6) is 0 Å². The van der Waals surface area contributed by atoms with Crippen molar-refractivity contribution in [2.75, 3.05) is 6.54 Å². The fourth-order valence-corrected chi connectivity index (χ4v) is 4.05. The number of carbonyl (C=O) groups excluding carboxylic acids is 1. The summed E-state index contributed by atoms with van der Waals surface area (Å²) in [6.07, 6.45) is 5.02. The minimum atomic E-state index is -0.853. The number of aryl methyl sites for hydroxylation is 2. The van der Waals surface area contributed by atoms with E-state index in [0.29, 0.717) is 13.0 Å². The van der Waals surface area contributed by atoms with Crippen molar-refractivity contribution in [3.63, 3.8) is 0 Å². The predicted octanol–water partition coefficient (Wildman–Crippen LogP) is 1.17. The summed E-state index contributed by atoms with van der Waals surface area (Å²) in [6, 6.07) is 1.37. The average Bonchev–Trinajstić information content (AvgIpc) is 3.04. The molecule has 5 nitrogen and oxygen atoms in total. The van der Waals surface area contributed by atoms with Gasteiger partial charge in [0.25, 0.3) is 5.91 Å². The van der Waals surface area contributed by atoms with Crippen molar-refractivity contribution in [1.82, 2.24) is 10.6 Å². The summed E-state index contributed by atoms with van der Waals surface area (Å²) in [5, 5.41) is 14.8. The van der Waals surface area contributed by atoms with Gasteiger partial charge < -0.3 is 15.7 Å². The number of carbonyl (C=O) groups is 2. The Morgan fingerprint density at radius 1 is 1.35 bits per heavy atom. The maximum absolute atomic E-state index is 12.2. The van der Waals surface area contributed by atoms with E-state index in [-0.39, 0.29) is 11.9 Å². The number of carboxylic acids is 1. The van der Waals surface area contributed by atoms with Crippen molar-refractivity contribution in [3.05, 3.63) is 21.4 Å². The molecule has 0 saturated carbocycles. The van der Waals surface area contributed by atoms with Gasteiger partial charge in [-0.2, -0.15) is 0 Å². The summed E-state index contributed by atoms with van der Waals surface area (Å²) < 4.78 is 0. The maximum Gasteiger partial charge on any atom is 0.320 e. The second-order valence-electron chi connectivity index (χ2n) is 5.47. The summed E-state index contributed by atoms with van der Waals surface area (Å²) in [6.45, 7) is 0.522. The minimum Gasteiger partial charge on any atom is -0.480 e. The zero-order chi connectivity index (χ0) is 14.1. The molecule has 2 unspecified atom stereocenters. The number of hydrogen-bond donors (Lipinski definition) is 3. The summed E-state index contributed by atoms with van der Waals surface area (Å²) >= 11 is 1.59. The number of amides is 1. The van der Waals surface area contributed by atoms with E-state index in [1.165, 1.54) is 23.3 Å². The number of fused-ring (bicyclic) bond motifs is 1. The molecular weight excluding hydrogens is 276 g/mol. The van der Waals surface area contributed by atoms with Crippen LogP contribution in [-0.4, -0.2) is 35.6 Å². The monoisotopic (exact) mass is 294 g/mol. The largest absolute Gasteiger partial charge is 0.480 e. The lowest BCUT2D eigenvalue weighted by Gasteiger charge is -2.10. The molecule has 1 amide bonds. The Kier molecular flexibility index (Phi) is 3.76. The molecule has 1 fully saturated rings. The maximum atomic E-state index is 12.2. The quantitative estimate of drug-likeness (QED) is 0.782. The number of hydrogen-bond acceptors (Lipinski definition) is 4. The zero-order valence-corrected chi connectivity index (χ0v) is 12.0. The molecule has 3 rings (SSSR count). The lowest BCUT2D eigenvalue weighted by Crippen LogP contribution is -2.35. The summed E-state index contributed by atoms with van der Waals surface area (Å²) in [7, 11) is 0. The molecule has 0 aromatic carbocycles. The molecular formula is C14H18N2O3S. The summed E-state index contributed by atoms with van der Waals surface area (Å²) in [4.78, 5) is 25.2. The van der Waals surface area contributed by atoms with E-state index >= 15 is 0 Å². The number of rotatable bonds is 3. The minimum absolute atomic E-state index is 0.0674. The van der Waals surface area contributed by atoms with Crippen LogP contribution < -0.4 is 10.6 Å². The van der Waals surface area contributed by atoms with Gasteiger partial charge in [0.2, 0.25) is 0 Å². The first-order valence-corrected chi connectivity index (χ1v) is 7.84. The first-order valence-electron chi connectivity index (χ1n) is 7.02. The molecule has 2 aliphatic rings. The fraction of sp³-hybridized carbons (Fsp3) is 0.571. The molecule has 20 heavy (non-hydrogen) atoms. The molecule has 1 aromatic rings. The van der Waals surface area contributed by atoms with Crippen LogP contribution >= 0.6 is 11.3 Å². The Balaban J connectivity index is 1.62. The van der Waals surface area contributed by atoms with Crippen molar-refractivity contribution < 1.29 is 14.7 Å². The van der Waals surface area contributed by atoms with Gasteiger partial charge >= 0.3 is 5.97 Å². The van der Waals surface area contributed by atoms with Crippen molar-refractivity contribution in [2.24, 2.45) is 0 Å². The fourth-order valence-electron chi connectivity index (χ4n) is 2.89. The van der Waals surface area contributed by atoms with Crippen molar-refractivity contribution in [1.29, 1.82) is 0 Å². The van der Waals surface area contributed by atoms with Gasteiger partial charge in [0.15, 0.2) is 0 Å². The van der Waals surface area contributed by atoms with E-state index in [0.717, 1.165) is 17.7 Å². The zero-order valence-electron chi connectivity index (χ0n) is 11.1. The van der Waals surface area contributed by atoms with Crippen LogP contribution in [0, 0.1) is 0 Å². The van der Waals surface area contributed by atoms with E-state index < -0.39 is 12.0 Å². The lowest BCUT2D eigenvalue weighted by molar-refractivity contribution is -0.139. The average molecular weight is 294 g/mol. The first kappa shape index (κ1) is 13.6. The van der Waals surface area contributed by atoms with Crippen molar-refractivity contribution in [3.8, 4) is 0 Å². The molecule has 1 aliphatic carbocycles. The number of nitrogens with one attached hydrogen (secondary N) is 2. The summed E-state index contributed by atoms with van der Waals surface area (Å²) in [5.41, 5.74) is 1.32. The van der Waals surface area contributed by atoms with Gasteiger partial charge in [-0.05, 0) is 43.7 Å². The molecule has 2 heterocycles. The molecule has 0 spiro atoms. The number of aliphatic carboxylic acids is 1. The van der Waals surface area contributed by atoms with Crippen LogP contribution in [0.2, 0.25) is 0 Å². The molecule has 0 bridgehead atoms. The normalized spacial score (nSPS) is 25.2. The third-order valence-corrected chi connectivity index (χ3v) is 5.22. The molecule has 0 radical (unpaired) electrons. The van der Waals surface area contributed by atoms with Gasteiger partial charge in [-0.15, -0.1) is 11.3 Å². The Hall–Kier alpha value is -1.40. The van der Waals surface area contributed by atoms with Gasteiger partial charge in [-0.3, -0.25) is 9.59 Å². The van der Waals surface area contributed by atoms with Gasteiger partial charge in [-0.1, -0.05) is 0 Å². The van der Waals surface area contributed by atoms with E-state index in [9.17, 15) is 9.59 Å². The van der Waals surface area contributed by atoms with Gasteiger partial charge in [-0.25, -0.2) is 0 Å². The molecule has 1 aromatic heterocycles. The van der Waals surface area contributed by atoms with E-state index in [2.05, 4.69) is 10.6 Å². The second-order valence-corrected chi connectivity index (χ2v) is 6.61. The van der Waals surface area contributed by atoms with E-state index in [1.54, 1.807) is 11.3 Å². The van der Waals surface area contributed by atoms with Crippen LogP contribution in [0.1, 0.15) is 39.4 Å².